The first-order valence-electron chi connectivity index (χ1n) is 9.81. The van der Waals surface area contributed by atoms with Gasteiger partial charge in [-0.2, -0.15) is 0 Å². The summed E-state index contributed by atoms with van der Waals surface area (Å²) in [6, 6.07) is 10.2. The standard InChI is InChI=1S/C23H25N3O4/c1-14-10-19(20(23(29)30)11-15(14)2)22(28)26-18-7-5-17(6-8-18)21(27)25-13-16-4-3-9-24-12-16/h3-9,12,19-20H,10-11,13H2,1-2H3,(H,25,27)(H,26,28)(H,29,30). The minimum Gasteiger partial charge on any atom is -0.481 e. The maximum Gasteiger partial charge on any atom is 0.307 e. The SMILES string of the molecule is CC1=C(C)CC(C(=O)Nc2ccc(C(=O)NCc3cccnc3)cc2)C(C(=O)O)C1. The second-order valence-corrected chi connectivity index (χ2v) is 7.63. The quantitative estimate of drug-likeness (QED) is 0.636. The summed E-state index contributed by atoms with van der Waals surface area (Å²) in [6.45, 7) is 4.22. The number of anilines is 1. The average Bonchev–Trinajstić information content (AvgIpc) is 2.74. The summed E-state index contributed by atoms with van der Waals surface area (Å²) in [5.41, 5.74) is 3.99. The van der Waals surface area contributed by atoms with E-state index < -0.39 is 17.8 Å². The molecule has 7 heteroatoms. The van der Waals surface area contributed by atoms with Crippen LogP contribution in [0.25, 0.3) is 0 Å². The molecule has 2 atom stereocenters. The lowest BCUT2D eigenvalue weighted by atomic mass is 9.76. The third-order valence-corrected chi connectivity index (χ3v) is 5.51. The van der Waals surface area contributed by atoms with Gasteiger partial charge in [0, 0.05) is 30.2 Å². The molecular weight excluding hydrogens is 382 g/mol. The van der Waals surface area contributed by atoms with Crippen molar-refractivity contribution in [2.24, 2.45) is 11.8 Å². The number of amides is 2. The lowest BCUT2D eigenvalue weighted by molar-refractivity contribution is -0.146. The van der Waals surface area contributed by atoms with Gasteiger partial charge in [0.1, 0.15) is 0 Å². The summed E-state index contributed by atoms with van der Waals surface area (Å²) in [5, 5.41) is 15.1. The van der Waals surface area contributed by atoms with Crippen molar-refractivity contribution in [1.82, 2.24) is 10.3 Å². The zero-order valence-electron chi connectivity index (χ0n) is 17.0. The Hall–Kier alpha value is -3.48. The number of hydrogen-bond acceptors (Lipinski definition) is 4. The normalized spacial score (nSPS) is 18.6. The molecule has 1 aromatic heterocycles. The highest BCUT2D eigenvalue weighted by atomic mass is 16.4. The first-order chi connectivity index (χ1) is 14.3. The third-order valence-electron chi connectivity index (χ3n) is 5.51. The molecule has 30 heavy (non-hydrogen) atoms. The largest absolute Gasteiger partial charge is 0.481 e. The summed E-state index contributed by atoms with van der Waals surface area (Å²) in [5.74, 6) is -2.85. The van der Waals surface area contributed by atoms with E-state index in [2.05, 4.69) is 15.6 Å². The van der Waals surface area contributed by atoms with Crippen molar-refractivity contribution in [2.45, 2.75) is 33.2 Å². The van der Waals surface area contributed by atoms with Crippen LogP contribution in [0.3, 0.4) is 0 Å². The van der Waals surface area contributed by atoms with Crippen LogP contribution < -0.4 is 10.6 Å². The predicted molar refractivity (Wildman–Crippen MR) is 113 cm³/mol. The topological polar surface area (TPSA) is 108 Å². The smallest absolute Gasteiger partial charge is 0.307 e. The molecule has 1 heterocycles. The second-order valence-electron chi connectivity index (χ2n) is 7.63. The Kier molecular flexibility index (Phi) is 6.61. The average molecular weight is 407 g/mol. The number of pyridine rings is 1. The number of aliphatic carboxylic acids is 1. The molecule has 0 spiro atoms. The molecule has 2 unspecified atom stereocenters. The molecule has 0 saturated heterocycles. The fraction of sp³-hybridized carbons (Fsp3) is 0.304. The zero-order chi connectivity index (χ0) is 21.7. The molecule has 0 bridgehead atoms. The number of benzene rings is 1. The van der Waals surface area contributed by atoms with Crippen molar-refractivity contribution < 1.29 is 19.5 Å². The van der Waals surface area contributed by atoms with Crippen molar-refractivity contribution in [1.29, 1.82) is 0 Å². The molecule has 0 fully saturated rings. The molecular formula is C23H25N3O4. The molecule has 2 amide bonds. The number of allylic oxidation sites excluding steroid dienone is 2. The van der Waals surface area contributed by atoms with Crippen molar-refractivity contribution in [3.63, 3.8) is 0 Å². The molecule has 3 rings (SSSR count). The summed E-state index contributed by atoms with van der Waals surface area (Å²) in [7, 11) is 0. The summed E-state index contributed by atoms with van der Waals surface area (Å²) in [4.78, 5) is 40.6. The highest BCUT2D eigenvalue weighted by Gasteiger charge is 2.37. The van der Waals surface area contributed by atoms with Crippen molar-refractivity contribution in [3.05, 3.63) is 71.1 Å². The van der Waals surface area contributed by atoms with Crippen molar-refractivity contribution in [3.8, 4) is 0 Å². The second kappa shape index (κ2) is 9.35. The molecule has 3 N–H and O–H groups in total. The van der Waals surface area contributed by atoms with Crippen LogP contribution in [-0.2, 0) is 16.1 Å². The highest BCUT2D eigenvalue weighted by molar-refractivity contribution is 5.97. The number of nitrogens with zero attached hydrogens (tertiary/aromatic N) is 1. The van der Waals surface area contributed by atoms with E-state index in [1.54, 1.807) is 42.7 Å². The van der Waals surface area contributed by atoms with Gasteiger partial charge in [0.15, 0.2) is 0 Å². The lowest BCUT2D eigenvalue weighted by Gasteiger charge is -2.29. The number of nitrogens with one attached hydrogen (secondary N) is 2. The minimum atomic E-state index is -0.956. The summed E-state index contributed by atoms with van der Waals surface area (Å²) >= 11 is 0. The van der Waals surface area contributed by atoms with Gasteiger partial charge in [0.05, 0.1) is 11.8 Å². The highest BCUT2D eigenvalue weighted by Crippen LogP contribution is 2.35. The van der Waals surface area contributed by atoms with Crippen molar-refractivity contribution >= 4 is 23.5 Å². The number of carbonyl (C=O) groups is 3. The molecule has 0 aliphatic heterocycles. The summed E-state index contributed by atoms with van der Waals surface area (Å²) in [6.07, 6.45) is 4.18. The Morgan fingerprint density at radius 3 is 2.30 bits per heavy atom. The number of carboxylic acid groups (broad SMARTS) is 1. The molecule has 7 nitrogen and oxygen atoms in total. The van der Waals surface area contributed by atoms with E-state index in [9.17, 15) is 19.5 Å². The van der Waals surface area contributed by atoms with Gasteiger partial charge >= 0.3 is 5.97 Å². The van der Waals surface area contributed by atoms with Crippen molar-refractivity contribution in [2.75, 3.05) is 5.32 Å². The molecule has 0 saturated carbocycles. The fourth-order valence-corrected chi connectivity index (χ4v) is 3.55. The van der Waals surface area contributed by atoms with Crippen LogP contribution >= 0.6 is 0 Å². The predicted octanol–water partition coefficient (Wildman–Crippen LogP) is 3.40. The number of hydrogen-bond donors (Lipinski definition) is 3. The number of carboxylic acids is 1. The van der Waals surface area contributed by atoms with E-state index in [1.165, 1.54) is 0 Å². The molecule has 1 aromatic carbocycles. The molecule has 156 valence electrons. The Labute approximate surface area is 175 Å². The van der Waals surface area contributed by atoms with Crippen LogP contribution in [0.4, 0.5) is 5.69 Å². The Morgan fingerprint density at radius 2 is 1.70 bits per heavy atom. The first kappa shape index (κ1) is 21.2. The van der Waals surface area contributed by atoms with Crippen LogP contribution in [0, 0.1) is 11.8 Å². The van der Waals surface area contributed by atoms with Gasteiger partial charge in [-0.1, -0.05) is 17.2 Å². The van der Waals surface area contributed by atoms with Gasteiger partial charge in [-0.05, 0) is 62.6 Å². The maximum atomic E-state index is 12.7. The van der Waals surface area contributed by atoms with E-state index in [4.69, 9.17) is 0 Å². The van der Waals surface area contributed by atoms with E-state index in [1.807, 2.05) is 19.9 Å². The molecule has 1 aliphatic rings. The Bertz CT molecular complexity index is 968. The van der Waals surface area contributed by atoms with E-state index >= 15 is 0 Å². The monoisotopic (exact) mass is 407 g/mol. The lowest BCUT2D eigenvalue weighted by Crippen LogP contribution is -2.36. The van der Waals surface area contributed by atoms with Crippen LogP contribution in [-0.4, -0.2) is 27.9 Å². The number of aromatic nitrogens is 1. The van der Waals surface area contributed by atoms with Gasteiger partial charge in [0.25, 0.3) is 5.91 Å². The van der Waals surface area contributed by atoms with Crippen LogP contribution in [0.5, 0.6) is 0 Å². The van der Waals surface area contributed by atoms with Crippen LogP contribution in [0.15, 0.2) is 59.9 Å². The number of rotatable bonds is 6. The summed E-state index contributed by atoms with van der Waals surface area (Å²) < 4.78 is 0. The zero-order valence-corrected chi connectivity index (χ0v) is 17.0. The van der Waals surface area contributed by atoms with Crippen LogP contribution in [0.1, 0.15) is 42.6 Å². The van der Waals surface area contributed by atoms with Gasteiger partial charge < -0.3 is 15.7 Å². The van der Waals surface area contributed by atoms with Gasteiger partial charge in [0.2, 0.25) is 5.91 Å². The third kappa shape index (κ3) is 5.11. The number of carbonyl (C=O) groups excluding carboxylic acids is 2. The van der Waals surface area contributed by atoms with Gasteiger partial charge in [-0.25, -0.2) is 0 Å². The Morgan fingerprint density at radius 1 is 1.03 bits per heavy atom. The fourth-order valence-electron chi connectivity index (χ4n) is 3.55. The van der Waals surface area contributed by atoms with E-state index in [-0.39, 0.29) is 11.8 Å². The molecule has 2 aromatic rings. The molecule has 1 aliphatic carbocycles. The van der Waals surface area contributed by atoms with Gasteiger partial charge in [-0.3, -0.25) is 19.4 Å². The molecule has 0 radical (unpaired) electrons. The maximum absolute atomic E-state index is 12.7. The van der Waals surface area contributed by atoms with Gasteiger partial charge in [-0.15, -0.1) is 0 Å². The first-order valence-corrected chi connectivity index (χ1v) is 9.81. The minimum absolute atomic E-state index is 0.230. The van der Waals surface area contributed by atoms with Crippen LogP contribution in [0.2, 0.25) is 0 Å². The Balaban J connectivity index is 1.61. The van der Waals surface area contributed by atoms with E-state index in [0.29, 0.717) is 30.6 Å². The van der Waals surface area contributed by atoms with E-state index in [0.717, 1.165) is 16.7 Å².